The van der Waals surface area contributed by atoms with Crippen molar-refractivity contribution in [2.45, 2.75) is 6.42 Å². The van der Waals surface area contributed by atoms with Gasteiger partial charge in [0, 0.05) is 17.9 Å². The molecule has 0 saturated carbocycles. The molecule has 0 fully saturated rings. The van der Waals surface area contributed by atoms with Crippen molar-refractivity contribution in [3.63, 3.8) is 0 Å². The second kappa shape index (κ2) is 6.13. The van der Waals surface area contributed by atoms with Crippen LogP contribution in [0.15, 0.2) is 18.2 Å². The fourth-order valence-electron chi connectivity index (χ4n) is 1.11. The van der Waals surface area contributed by atoms with Gasteiger partial charge in [-0.25, -0.2) is 4.39 Å². The van der Waals surface area contributed by atoms with E-state index in [1.807, 2.05) is 6.26 Å². The Hall–Kier alpha value is -1.54. The number of anilines is 1. The second-order valence-electron chi connectivity index (χ2n) is 3.10. The summed E-state index contributed by atoms with van der Waals surface area (Å²) in [5.41, 5.74) is 0.381. The number of carbonyl (C=O) groups excluding carboxylic acids is 1. The van der Waals surface area contributed by atoms with Crippen LogP contribution in [0.1, 0.15) is 12.0 Å². The molecule has 16 heavy (non-hydrogen) atoms. The van der Waals surface area contributed by atoms with Crippen molar-refractivity contribution >= 4 is 23.4 Å². The van der Waals surface area contributed by atoms with Crippen molar-refractivity contribution in [3.8, 4) is 6.07 Å². The van der Waals surface area contributed by atoms with Gasteiger partial charge in [0.2, 0.25) is 5.91 Å². The van der Waals surface area contributed by atoms with Gasteiger partial charge in [-0.15, -0.1) is 0 Å². The van der Waals surface area contributed by atoms with Gasteiger partial charge in [0.05, 0.1) is 5.56 Å². The maximum atomic E-state index is 13.0. The third-order valence-electron chi connectivity index (χ3n) is 1.90. The van der Waals surface area contributed by atoms with E-state index in [2.05, 4.69) is 5.32 Å². The molecule has 1 amide bonds. The van der Waals surface area contributed by atoms with Gasteiger partial charge in [0.1, 0.15) is 11.9 Å². The van der Waals surface area contributed by atoms with Gasteiger partial charge in [-0.3, -0.25) is 4.79 Å². The summed E-state index contributed by atoms with van der Waals surface area (Å²) in [5.74, 6) is 0.0208. The molecule has 1 aromatic rings. The molecule has 0 aliphatic carbocycles. The maximum Gasteiger partial charge on any atom is 0.225 e. The number of benzene rings is 1. The Morgan fingerprint density at radius 3 is 3.00 bits per heavy atom. The zero-order valence-corrected chi connectivity index (χ0v) is 9.60. The highest BCUT2D eigenvalue weighted by Crippen LogP contribution is 2.14. The van der Waals surface area contributed by atoms with Crippen LogP contribution in [-0.4, -0.2) is 17.9 Å². The fourth-order valence-corrected chi connectivity index (χ4v) is 1.50. The molecule has 0 atom stereocenters. The zero-order chi connectivity index (χ0) is 12.0. The first-order valence-corrected chi connectivity index (χ1v) is 6.05. The van der Waals surface area contributed by atoms with E-state index in [4.69, 9.17) is 5.26 Å². The Kier molecular flexibility index (Phi) is 4.80. The monoisotopic (exact) mass is 238 g/mol. The third kappa shape index (κ3) is 3.55. The van der Waals surface area contributed by atoms with Crippen LogP contribution in [0.4, 0.5) is 10.1 Å². The molecule has 0 aromatic heterocycles. The summed E-state index contributed by atoms with van der Waals surface area (Å²) in [5, 5.41) is 11.2. The van der Waals surface area contributed by atoms with Crippen LogP contribution in [0.2, 0.25) is 0 Å². The van der Waals surface area contributed by atoms with E-state index in [1.165, 1.54) is 18.2 Å². The number of rotatable bonds is 4. The summed E-state index contributed by atoms with van der Waals surface area (Å²) in [6.45, 7) is 0. The largest absolute Gasteiger partial charge is 0.326 e. The Morgan fingerprint density at radius 2 is 2.38 bits per heavy atom. The van der Waals surface area contributed by atoms with Gasteiger partial charge in [0.15, 0.2) is 0 Å². The first-order chi connectivity index (χ1) is 7.67. The zero-order valence-electron chi connectivity index (χ0n) is 8.79. The molecule has 1 aromatic carbocycles. The number of nitriles is 1. The molecule has 0 spiro atoms. The Bertz CT molecular complexity index is 428. The number of carbonyl (C=O) groups is 1. The molecule has 84 valence electrons. The molecule has 0 bridgehead atoms. The van der Waals surface area contributed by atoms with E-state index in [0.29, 0.717) is 12.1 Å². The predicted molar refractivity (Wildman–Crippen MR) is 62.7 cm³/mol. The summed E-state index contributed by atoms with van der Waals surface area (Å²) in [4.78, 5) is 11.4. The van der Waals surface area contributed by atoms with Gasteiger partial charge in [0.25, 0.3) is 0 Å². The highest BCUT2D eigenvalue weighted by atomic mass is 32.2. The van der Waals surface area contributed by atoms with Crippen LogP contribution in [0, 0.1) is 17.1 Å². The van der Waals surface area contributed by atoms with Crippen molar-refractivity contribution < 1.29 is 9.18 Å². The Morgan fingerprint density at radius 1 is 1.62 bits per heavy atom. The SMILES string of the molecule is CSCCC(=O)Nc1ccc(F)c(C#N)c1. The lowest BCUT2D eigenvalue weighted by molar-refractivity contribution is -0.115. The van der Waals surface area contributed by atoms with Gasteiger partial charge in [-0.1, -0.05) is 0 Å². The summed E-state index contributed by atoms with van der Waals surface area (Å²) < 4.78 is 13.0. The maximum absolute atomic E-state index is 13.0. The van der Waals surface area contributed by atoms with Crippen molar-refractivity contribution in [2.24, 2.45) is 0 Å². The summed E-state index contributed by atoms with van der Waals surface area (Å²) >= 11 is 1.58. The summed E-state index contributed by atoms with van der Waals surface area (Å²) in [6.07, 6.45) is 2.32. The van der Waals surface area contributed by atoms with E-state index >= 15 is 0 Å². The van der Waals surface area contributed by atoms with Crippen LogP contribution in [0.3, 0.4) is 0 Å². The molecule has 1 rings (SSSR count). The molecule has 0 unspecified atom stereocenters. The molecule has 0 heterocycles. The predicted octanol–water partition coefficient (Wildman–Crippen LogP) is 2.39. The Balaban J connectivity index is 2.68. The first kappa shape index (κ1) is 12.5. The minimum Gasteiger partial charge on any atom is -0.326 e. The fraction of sp³-hybridized carbons (Fsp3) is 0.273. The normalized spacial score (nSPS) is 9.56. The lowest BCUT2D eigenvalue weighted by Crippen LogP contribution is -2.12. The van der Waals surface area contributed by atoms with Crippen molar-refractivity contribution in [1.82, 2.24) is 0 Å². The van der Waals surface area contributed by atoms with E-state index in [1.54, 1.807) is 17.8 Å². The molecule has 0 aliphatic rings. The van der Waals surface area contributed by atoms with Crippen LogP contribution < -0.4 is 5.32 Å². The smallest absolute Gasteiger partial charge is 0.225 e. The number of thioether (sulfide) groups is 1. The topological polar surface area (TPSA) is 52.9 Å². The third-order valence-corrected chi connectivity index (χ3v) is 2.52. The van der Waals surface area contributed by atoms with E-state index < -0.39 is 5.82 Å². The molecule has 1 N–H and O–H groups in total. The molecule has 3 nitrogen and oxygen atoms in total. The minimum absolute atomic E-state index is 0.0670. The number of amides is 1. The highest BCUT2D eigenvalue weighted by molar-refractivity contribution is 7.98. The van der Waals surface area contributed by atoms with E-state index in [-0.39, 0.29) is 11.5 Å². The number of hydrogen-bond acceptors (Lipinski definition) is 3. The molecular weight excluding hydrogens is 227 g/mol. The van der Waals surface area contributed by atoms with E-state index in [9.17, 15) is 9.18 Å². The molecule has 0 aliphatic heterocycles. The van der Waals surface area contributed by atoms with Crippen LogP contribution >= 0.6 is 11.8 Å². The molecular formula is C11H11FN2OS. The number of halogens is 1. The Labute approximate surface area is 97.6 Å². The molecule has 0 saturated heterocycles. The minimum atomic E-state index is -0.579. The lowest BCUT2D eigenvalue weighted by Gasteiger charge is -2.04. The van der Waals surface area contributed by atoms with Crippen LogP contribution in [-0.2, 0) is 4.79 Å². The van der Waals surface area contributed by atoms with Crippen molar-refractivity contribution in [2.75, 3.05) is 17.3 Å². The van der Waals surface area contributed by atoms with E-state index in [0.717, 1.165) is 5.75 Å². The average Bonchev–Trinajstić information content (AvgIpc) is 2.29. The van der Waals surface area contributed by atoms with Gasteiger partial charge >= 0.3 is 0 Å². The van der Waals surface area contributed by atoms with Crippen LogP contribution in [0.25, 0.3) is 0 Å². The standard InChI is InChI=1S/C11H11FN2OS/c1-16-5-4-11(15)14-9-2-3-10(12)8(6-9)7-13/h2-3,6H,4-5H2,1H3,(H,14,15). The quantitative estimate of drug-likeness (QED) is 0.876. The summed E-state index contributed by atoms with van der Waals surface area (Å²) in [7, 11) is 0. The first-order valence-electron chi connectivity index (χ1n) is 4.66. The lowest BCUT2D eigenvalue weighted by atomic mass is 10.2. The average molecular weight is 238 g/mol. The van der Waals surface area contributed by atoms with Gasteiger partial charge in [-0.2, -0.15) is 17.0 Å². The molecule has 5 heteroatoms. The molecule has 0 radical (unpaired) electrons. The number of hydrogen-bond donors (Lipinski definition) is 1. The van der Waals surface area contributed by atoms with Crippen molar-refractivity contribution in [3.05, 3.63) is 29.6 Å². The highest BCUT2D eigenvalue weighted by Gasteiger charge is 2.05. The van der Waals surface area contributed by atoms with Gasteiger partial charge in [-0.05, 0) is 24.5 Å². The second-order valence-corrected chi connectivity index (χ2v) is 4.08. The van der Waals surface area contributed by atoms with Gasteiger partial charge < -0.3 is 5.32 Å². The number of nitrogens with zero attached hydrogens (tertiary/aromatic N) is 1. The van der Waals surface area contributed by atoms with Crippen LogP contribution in [0.5, 0.6) is 0 Å². The van der Waals surface area contributed by atoms with Crippen molar-refractivity contribution in [1.29, 1.82) is 5.26 Å². The number of nitrogens with one attached hydrogen (secondary N) is 1. The summed E-state index contributed by atoms with van der Waals surface area (Å²) in [6, 6.07) is 5.65.